The number of amides is 1. The van der Waals surface area contributed by atoms with Crippen molar-refractivity contribution in [2.75, 3.05) is 26.2 Å². The first kappa shape index (κ1) is 16.5. The van der Waals surface area contributed by atoms with Gasteiger partial charge in [-0.15, -0.1) is 0 Å². The first-order valence-corrected chi connectivity index (χ1v) is 8.60. The molecule has 0 saturated carbocycles. The minimum Gasteiger partial charge on any atom is -0.352 e. The molecular weight excluding hydrogens is 328 g/mol. The highest BCUT2D eigenvalue weighted by Gasteiger charge is 2.20. The van der Waals surface area contributed by atoms with Crippen molar-refractivity contribution in [3.63, 3.8) is 0 Å². The molecule has 1 saturated heterocycles. The predicted molar refractivity (Wildman–Crippen MR) is 90.5 cm³/mol. The molecule has 1 heterocycles. The molecule has 0 spiro atoms. The van der Waals surface area contributed by atoms with E-state index in [2.05, 4.69) is 40.0 Å². The Labute approximate surface area is 136 Å². The van der Waals surface area contributed by atoms with Crippen LogP contribution in [0.25, 0.3) is 0 Å². The molecule has 21 heavy (non-hydrogen) atoms. The maximum Gasteiger partial charge on any atom is 0.251 e. The van der Waals surface area contributed by atoms with Crippen LogP contribution in [0.5, 0.6) is 0 Å². The van der Waals surface area contributed by atoms with E-state index in [0.29, 0.717) is 5.92 Å². The van der Waals surface area contributed by atoms with Crippen molar-refractivity contribution < 1.29 is 4.79 Å². The summed E-state index contributed by atoms with van der Waals surface area (Å²) in [6.07, 6.45) is 2.38. The molecule has 0 aliphatic carbocycles. The second-order valence-corrected chi connectivity index (χ2v) is 7.27. The topological polar surface area (TPSA) is 32.3 Å². The van der Waals surface area contributed by atoms with Crippen LogP contribution in [-0.2, 0) is 0 Å². The van der Waals surface area contributed by atoms with Gasteiger partial charge < -0.3 is 10.2 Å². The Morgan fingerprint density at radius 1 is 1.29 bits per heavy atom. The van der Waals surface area contributed by atoms with Gasteiger partial charge in [-0.05, 0) is 62.0 Å². The predicted octanol–water partition coefficient (Wildman–Crippen LogP) is 3.55. The van der Waals surface area contributed by atoms with Gasteiger partial charge in [0.05, 0.1) is 0 Å². The van der Waals surface area contributed by atoms with Crippen molar-refractivity contribution in [1.82, 2.24) is 10.2 Å². The molecule has 0 radical (unpaired) electrons. The average Bonchev–Trinajstić information content (AvgIpc) is 2.46. The number of carbonyl (C=O) groups excluding carboxylic acids is 1. The van der Waals surface area contributed by atoms with Crippen LogP contribution in [0.3, 0.4) is 0 Å². The van der Waals surface area contributed by atoms with Gasteiger partial charge >= 0.3 is 0 Å². The first-order chi connectivity index (χ1) is 10.0. The summed E-state index contributed by atoms with van der Waals surface area (Å²) in [7, 11) is 0. The van der Waals surface area contributed by atoms with E-state index in [0.717, 1.165) is 35.6 Å². The number of hydrogen-bond donors (Lipinski definition) is 1. The molecule has 1 aliphatic rings. The zero-order valence-electron chi connectivity index (χ0n) is 12.9. The van der Waals surface area contributed by atoms with Gasteiger partial charge in [-0.2, -0.15) is 0 Å². The molecule has 1 N–H and O–H groups in total. The fourth-order valence-electron chi connectivity index (χ4n) is 2.83. The monoisotopic (exact) mass is 352 g/mol. The highest BCUT2D eigenvalue weighted by molar-refractivity contribution is 9.10. The molecular formula is C17H25BrN2O. The van der Waals surface area contributed by atoms with E-state index in [-0.39, 0.29) is 5.91 Å². The van der Waals surface area contributed by atoms with Crippen molar-refractivity contribution in [3.05, 3.63) is 34.3 Å². The number of likely N-dealkylation sites (tertiary alicyclic amines) is 1. The van der Waals surface area contributed by atoms with Crippen LogP contribution in [0.2, 0.25) is 0 Å². The highest BCUT2D eigenvalue weighted by Crippen LogP contribution is 2.17. The third-order valence-corrected chi connectivity index (χ3v) is 4.52. The second-order valence-electron chi connectivity index (χ2n) is 6.35. The van der Waals surface area contributed by atoms with Crippen molar-refractivity contribution in [2.45, 2.75) is 26.7 Å². The van der Waals surface area contributed by atoms with Crippen LogP contribution in [0.1, 0.15) is 37.0 Å². The van der Waals surface area contributed by atoms with Gasteiger partial charge in [0.25, 0.3) is 5.91 Å². The van der Waals surface area contributed by atoms with Crippen LogP contribution in [0, 0.1) is 11.8 Å². The Morgan fingerprint density at radius 2 is 1.90 bits per heavy atom. The van der Waals surface area contributed by atoms with Crippen LogP contribution in [0.4, 0.5) is 0 Å². The molecule has 116 valence electrons. The Kier molecular flexibility index (Phi) is 6.24. The summed E-state index contributed by atoms with van der Waals surface area (Å²) in [6, 6.07) is 7.51. The quantitative estimate of drug-likeness (QED) is 0.878. The summed E-state index contributed by atoms with van der Waals surface area (Å²) >= 11 is 3.38. The van der Waals surface area contributed by atoms with Gasteiger partial charge in [0.1, 0.15) is 0 Å². The third-order valence-electron chi connectivity index (χ3n) is 3.99. The summed E-state index contributed by atoms with van der Waals surface area (Å²) < 4.78 is 0.997. The van der Waals surface area contributed by atoms with E-state index in [1.165, 1.54) is 19.4 Å². The van der Waals surface area contributed by atoms with Gasteiger partial charge in [-0.25, -0.2) is 0 Å². The Balaban J connectivity index is 1.72. The van der Waals surface area contributed by atoms with Crippen molar-refractivity contribution in [2.24, 2.45) is 11.8 Å². The fourth-order valence-corrected chi connectivity index (χ4v) is 3.09. The lowest BCUT2D eigenvalue weighted by Crippen LogP contribution is -2.40. The molecule has 0 unspecified atom stereocenters. The normalized spacial score (nSPS) is 17.1. The van der Waals surface area contributed by atoms with Crippen molar-refractivity contribution in [3.8, 4) is 0 Å². The van der Waals surface area contributed by atoms with Gasteiger partial charge in [-0.3, -0.25) is 4.79 Å². The summed E-state index contributed by atoms with van der Waals surface area (Å²) in [5.74, 6) is 1.39. The summed E-state index contributed by atoms with van der Waals surface area (Å²) in [5, 5.41) is 3.07. The Morgan fingerprint density at radius 3 is 2.48 bits per heavy atom. The number of rotatable bonds is 5. The molecule has 2 rings (SSSR count). The lowest BCUT2D eigenvalue weighted by molar-refractivity contribution is 0.0934. The maximum atomic E-state index is 12.1. The minimum atomic E-state index is 0.0344. The molecule has 0 aromatic heterocycles. The molecule has 4 heteroatoms. The number of benzene rings is 1. The standard InChI is InChI=1S/C17H25BrN2O/c1-13(2)12-20-9-7-14(8-10-20)11-19-17(21)15-3-5-16(18)6-4-15/h3-6,13-14H,7-12H2,1-2H3,(H,19,21). The average molecular weight is 353 g/mol. The van der Waals surface area contributed by atoms with Crippen LogP contribution in [-0.4, -0.2) is 37.0 Å². The molecule has 1 aliphatic heterocycles. The van der Waals surface area contributed by atoms with E-state index >= 15 is 0 Å². The van der Waals surface area contributed by atoms with Crippen molar-refractivity contribution >= 4 is 21.8 Å². The SMILES string of the molecule is CC(C)CN1CCC(CNC(=O)c2ccc(Br)cc2)CC1. The fraction of sp³-hybridized carbons (Fsp3) is 0.588. The van der Waals surface area contributed by atoms with Gasteiger partial charge in [0.2, 0.25) is 0 Å². The zero-order valence-corrected chi connectivity index (χ0v) is 14.5. The number of nitrogens with one attached hydrogen (secondary N) is 1. The molecule has 1 aromatic carbocycles. The van der Waals surface area contributed by atoms with Gasteiger partial charge in [0.15, 0.2) is 0 Å². The first-order valence-electron chi connectivity index (χ1n) is 7.80. The van der Waals surface area contributed by atoms with Crippen molar-refractivity contribution in [1.29, 1.82) is 0 Å². The number of piperidine rings is 1. The minimum absolute atomic E-state index is 0.0344. The molecule has 0 atom stereocenters. The number of halogens is 1. The van der Waals surface area contributed by atoms with Crippen LogP contribution >= 0.6 is 15.9 Å². The van der Waals surface area contributed by atoms with E-state index in [1.807, 2.05) is 24.3 Å². The van der Waals surface area contributed by atoms with E-state index in [4.69, 9.17) is 0 Å². The highest BCUT2D eigenvalue weighted by atomic mass is 79.9. The summed E-state index contributed by atoms with van der Waals surface area (Å²) in [6.45, 7) is 8.85. The zero-order chi connectivity index (χ0) is 15.2. The maximum absolute atomic E-state index is 12.1. The molecule has 1 amide bonds. The van der Waals surface area contributed by atoms with Crippen LogP contribution in [0.15, 0.2) is 28.7 Å². The Bertz CT molecular complexity index is 450. The molecule has 3 nitrogen and oxygen atoms in total. The summed E-state index contributed by atoms with van der Waals surface area (Å²) in [4.78, 5) is 14.6. The van der Waals surface area contributed by atoms with E-state index in [9.17, 15) is 4.79 Å². The lowest BCUT2D eigenvalue weighted by Gasteiger charge is -2.33. The second kappa shape index (κ2) is 7.95. The third kappa shape index (κ3) is 5.44. The Hall–Kier alpha value is -0.870. The molecule has 1 fully saturated rings. The largest absolute Gasteiger partial charge is 0.352 e. The van der Waals surface area contributed by atoms with E-state index < -0.39 is 0 Å². The molecule has 1 aromatic rings. The summed E-state index contributed by atoms with van der Waals surface area (Å²) in [5.41, 5.74) is 0.732. The van der Waals surface area contributed by atoms with Crippen LogP contribution < -0.4 is 5.32 Å². The molecule has 0 bridgehead atoms. The lowest BCUT2D eigenvalue weighted by atomic mass is 9.96. The number of hydrogen-bond acceptors (Lipinski definition) is 2. The van der Waals surface area contributed by atoms with Gasteiger partial charge in [-0.1, -0.05) is 29.8 Å². The van der Waals surface area contributed by atoms with E-state index in [1.54, 1.807) is 0 Å². The number of nitrogens with zero attached hydrogens (tertiary/aromatic N) is 1. The smallest absolute Gasteiger partial charge is 0.251 e. The number of carbonyl (C=O) groups is 1. The van der Waals surface area contributed by atoms with Gasteiger partial charge in [0, 0.05) is 23.1 Å².